The molecule has 1 aromatic rings. The minimum absolute atomic E-state index is 0.222. The van der Waals surface area contributed by atoms with Crippen molar-refractivity contribution < 1.29 is 4.39 Å². The van der Waals surface area contributed by atoms with Crippen molar-refractivity contribution in [1.82, 2.24) is 0 Å². The minimum atomic E-state index is -0.264. The first-order chi connectivity index (χ1) is 4.74. The van der Waals surface area contributed by atoms with Crippen molar-refractivity contribution in [2.75, 3.05) is 0 Å². The summed E-state index contributed by atoms with van der Waals surface area (Å²) in [4.78, 5) is 0.738. The number of hydrogen-bond acceptors (Lipinski definition) is 2. The second kappa shape index (κ2) is 3.03. The van der Waals surface area contributed by atoms with E-state index in [-0.39, 0.29) is 12.4 Å². The van der Waals surface area contributed by atoms with Gasteiger partial charge in [-0.05, 0) is 18.2 Å². The smallest absolute Gasteiger partial charge is 0.127 e. The van der Waals surface area contributed by atoms with Gasteiger partial charge < -0.3 is 5.73 Å². The summed E-state index contributed by atoms with van der Waals surface area (Å²) in [6.07, 6.45) is 0. The Morgan fingerprint density at radius 2 is 2.20 bits per heavy atom. The Morgan fingerprint density at radius 1 is 1.50 bits per heavy atom. The zero-order valence-electron chi connectivity index (χ0n) is 5.34. The monoisotopic (exact) mass is 157 g/mol. The average molecular weight is 157 g/mol. The summed E-state index contributed by atoms with van der Waals surface area (Å²) in [6, 6.07) is 4.58. The Bertz CT molecular complexity index is 237. The predicted molar refractivity (Wildman–Crippen MR) is 41.5 cm³/mol. The maximum Gasteiger partial charge on any atom is 0.127 e. The highest BCUT2D eigenvalue weighted by atomic mass is 32.1. The van der Waals surface area contributed by atoms with E-state index >= 15 is 0 Å². The molecule has 0 amide bonds. The van der Waals surface area contributed by atoms with Gasteiger partial charge in [-0.1, -0.05) is 0 Å². The second-order valence-electron chi connectivity index (χ2n) is 1.98. The van der Waals surface area contributed by atoms with Crippen molar-refractivity contribution >= 4 is 12.6 Å². The van der Waals surface area contributed by atoms with E-state index in [1.54, 1.807) is 12.1 Å². The fourth-order valence-corrected chi connectivity index (χ4v) is 0.948. The molecule has 0 bridgehead atoms. The summed E-state index contributed by atoms with van der Waals surface area (Å²) >= 11 is 4.03. The molecule has 1 nitrogen and oxygen atoms in total. The van der Waals surface area contributed by atoms with Gasteiger partial charge in [0.2, 0.25) is 0 Å². The van der Waals surface area contributed by atoms with E-state index in [0.717, 1.165) is 4.90 Å². The van der Waals surface area contributed by atoms with Gasteiger partial charge in [-0.3, -0.25) is 0 Å². The van der Waals surface area contributed by atoms with Crippen LogP contribution >= 0.6 is 12.6 Å². The van der Waals surface area contributed by atoms with Crippen LogP contribution in [0.25, 0.3) is 0 Å². The van der Waals surface area contributed by atoms with Crippen molar-refractivity contribution in [3.63, 3.8) is 0 Å². The summed E-state index contributed by atoms with van der Waals surface area (Å²) in [5.74, 6) is -0.264. The molecule has 0 aliphatic heterocycles. The molecule has 1 aromatic carbocycles. The molecule has 0 saturated carbocycles. The van der Waals surface area contributed by atoms with Crippen LogP contribution in [-0.4, -0.2) is 0 Å². The van der Waals surface area contributed by atoms with Crippen LogP contribution in [0.5, 0.6) is 0 Å². The molecular weight excluding hydrogens is 149 g/mol. The lowest BCUT2D eigenvalue weighted by atomic mass is 10.2. The molecule has 3 heteroatoms. The van der Waals surface area contributed by atoms with Gasteiger partial charge in [-0.15, -0.1) is 12.6 Å². The fourth-order valence-electron chi connectivity index (χ4n) is 0.718. The molecule has 0 aromatic heterocycles. The van der Waals surface area contributed by atoms with E-state index in [2.05, 4.69) is 12.6 Å². The summed E-state index contributed by atoms with van der Waals surface area (Å²) in [6.45, 7) is 0.222. The maximum atomic E-state index is 12.7. The van der Waals surface area contributed by atoms with E-state index in [4.69, 9.17) is 5.73 Å². The zero-order chi connectivity index (χ0) is 7.56. The Kier molecular flexibility index (Phi) is 2.29. The molecule has 0 heterocycles. The lowest BCUT2D eigenvalue weighted by Gasteiger charge is -1.98. The molecule has 0 radical (unpaired) electrons. The van der Waals surface area contributed by atoms with Gasteiger partial charge in [0.1, 0.15) is 5.82 Å². The minimum Gasteiger partial charge on any atom is -0.326 e. The van der Waals surface area contributed by atoms with Crippen molar-refractivity contribution in [2.24, 2.45) is 5.73 Å². The Labute approximate surface area is 64.5 Å². The van der Waals surface area contributed by atoms with Gasteiger partial charge in [0.15, 0.2) is 0 Å². The topological polar surface area (TPSA) is 26.0 Å². The van der Waals surface area contributed by atoms with Gasteiger partial charge in [0.05, 0.1) is 0 Å². The Hall–Kier alpha value is -0.540. The number of hydrogen-bond donors (Lipinski definition) is 2. The normalized spacial score (nSPS) is 9.90. The van der Waals surface area contributed by atoms with Crippen molar-refractivity contribution in [3.8, 4) is 0 Å². The van der Waals surface area contributed by atoms with Gasteiger partial charge in [0.25, 0.3) is 0 Å². The largest absolute Gasteiger partial charge is 0.326 e. The van der Waals surface area contributed by atoms with E-state index in [0.29, 0.717) is 5.56 Å². The first-order valence-corrected chi connectivity index (χ1v) is 3.36. The molecule has 1 rings (SSSR count). The third-order valence-electron chi connectivity index (χ3n) is 1.25. The average Bonchev–Trinajstić information content (AvgIpc) is 1.94. The molecule has 0 aliphatic rings. The lowest BCUT2D eigenvalue weighted by molar-refractivity contribution is 0.609. The molecule has 54 valence electrons. The number of benzene rings is 1. The van der Waals surface area contributed by atoms with Crippen LogP contribution in [0, 0.1) is 5.82 Å². The van der Waals surface area contributed by atoms with Gasteiger partial charge in [-0.25, -0.2) is 4.39 Å². The molecule has 0 fully saturated rings. The number of rotatable bonds is 1. The lowest BCUT2D eigenvalue weighted by Crippen LogP contribution is -1.99. The Balaban J connectivity index is 3.09. The van der Waals surface area contributed by atoms with E-state index < -0.39 is 0 Å². The molecule has 0 unspecified atom stereocenters. The van der Waals surface area contributed by atoms with Crippen molar-refractivity contribution in [3.05, 3.63) is 29.6 Å². The van der Waals surface area contributed by atoms with Crippen LogP contribution in [0.4, 0.5) is 4.39 Å². The molecule has 0 aliphatic carbocycles. The van der Waals surface area contributed by atoms with Crippen LogP contribution in [-0.2, 0) is 6.54 Å². The van der Waals surface area contributed by atoms with Crippen LogP contribution < -0.4 is 5.73 Å². The molecule has 10 heavy (non-hydrogen) atoms. The van der Waals surface area contributed by atoms with E-state index in [1.165, 1.54) is 6.07 Å². The number of thiol groups is 1. The predicted octanol–water partition coefficient (Wildman–Crippen LogP) is 1.57. The first kappa shape index (κ1) is 7.57. The molecule has 0 atom stereocenters. The molecule has 0 saturated heterocycles. The van der Waals surface area contributed by atoms with Gasteiger partial charge in [0, 0.05) is 17.0 Å². The summed E-state index contributed by atoms with van der Waals surface area (Å²) in [5, 5.41) is 0. The highest BCUT2D eigenvalue weighted by Gasteiger charge is 1.97. The highest BCUT2D eigenvalue weighted by Crippen LogP contribution is 2.12. The Morgan fingerprint density at radius 3 is 2.70 bits per heavy atom. The van der Waals surface area contributed by atoms with Crippen LogP contribution in [0.1, 0.15) is 5.56 Å². The van der Waals surface area contributed by atoms with Crippen LogP contribution in [0.3, 0.4) is 0 Å². The third kappa shape index (κ3) is 1.49. The number of nitrogens with two attached hydrogens (primary N) is 1. The molecule has 2 N–H and O–H groups in total. The van der Waals surface area contributed by atoms with E-state index in [9.17, 15) is 4.39 Å². The summed E-state index contributed by atoms with van der Waals surface area (Å²) in [5.41, 5.74) is 5.75. The first-order valence-electron chi connectivity index (χ1n) is 2.91. The quantitative estimate of drug-likeness (QED) is 0.595. The molecular formula is C7H8FNS. The zero-order valence-corrected chi connectivity index (χ0v) is 6.24. The second-order valence-corrected chi connectivity index (χ2v) is 2.50. The summed E-state index contributed by atoms with van der Waals surface area (Å²) in [7, 11) is 0. The fraction of sp³-hybridized carbons (Fsp3) is 0.143. The SMILES string of the molecule is NCc1cc(S)ccc1F. The van der Waals surface area contributed by atoms with Crippen molar-refractivity contribution in [2.45, 2.75) is 11.4 Å². The van der Waals surface area contributed by atoms with Gasteiger partial charge >= 0.3 is 0 Å². The van der Waals surface area contributed by atoms with Crippen molar-refractivity contribution in [1.29, 1.82) is 0 Å². The standard InChI is InChI=1S/C7H8FNS/c8-7-2-1-6(10)3-5(7)4-9/h1-3,10H,4,9H2. The highest BCUT2D eigenvalue weighted by molar-refractivity contribution is 7.80. The third-order valence-corrected chi connectivity index (χ3v) is 1.53. The van der Waals surface area contributed by atoms with Crippen LogP contribution in [0.2, 0.25) is 0 Å². The molecule has 0 spiro atoms. The summed E-state index contributed by atoms with van der Waals surface area (Å²) < 4.78 is 12.7. The van der Waals surface area contributed by atoms with Crippen LogP contribution in [0.15, 0.2) is 23.1 Å². The number of halogens is 1. The van der Waals surface area contributed by atoms with E-state index in [1.807, 2.05) is 0 Å². The van der Waals surface area contributed by atoms with Gasteiger partial charge in [-0.2, -0.15) is 0 Å². The maximum absolute atomic E-state index is 12.7.